The van der Waals surface area contributed by atoms with Crippen molar-refractivity contribution >= 4 is 32.8 Å². The Labute approximate surface area is 103 Å². The van der Waals surface area contributed by atoms with E-state index in [-0.39, 0.29) is 18.9 Å². The van der Waals surface area contributed by atoms with Crippen molar-refractivity contribution in [1.29, 1.82) is 0 Å². The summed E-state index contributed by atoms with van der Waals surface area (Å²) in [6.45, 7) is 5.53. The molecule has 0 saturated carbocycles. The first-order valence-corrected chi connectivity index (χ1v) is 5.48. The summed E-state index contributed by atoms with van der Waals surface area (Å²) in [7, 11) is -2.52. The van der Waals surface area contributed by atoms with Gasteiger partial charge in [0.25, 0.3) is 0 Å². The molecule has 1 aromatic rings. The van der Waals surface area contributed by atoms with Crippen LogP contribution in [-0.4, -0.2) is 34.2 Å². The van der Waals surface area contributed by atoms with E-state index in [4.69, 9.17) is 9.79 Å². The predicted octanol–water partition coefficient (Wildman–Crippen LogP) is 1.40. The summed E-state index contributed by atoms with van der Waals surface area (Å²) in [5, 5.41) is 0. The molecule has 0 aliphatic rings. The molecule has 0 saturated heterocycles. The summed E-state index contributed by atoms with van der Waals surface area (Å²) >= 11 is 0. The molecule has 1 rings (SSSR count). The zero-order valence-electron chi connectivity index (χ0n) is 8.40. The fraction of sp³-hybridized carbons (Fsp3) is 0.300. The van der Waals surface area contributed by atoms with Crippen molar-refractivity contribution in [3.05, 3.63) is 34.4 Å². The van der Waals surface area contributed by atoms with Crippen LogP contribution < -0.4 is 0 Å². The Balaban J connectivity index is 0.00000196. The molecule has 5 heteroatoms. The van der Waals surface area contributed by atoms with Crippen LogP contribution in [0.3, 0.4) is 0 Å². The summed E-state index contributed by atoms with van der Waals surface area (Å²) in [6, 6.07) is 3.72. The second-order valence-electron chi connectivity index (χ2n) is 3.37. The number of aryl methyl sites for hydroxylation is 3. The molecule has 0 fully saturated rings. The molecule has 0 heterocycles. The molecular formula is C10H14LiO3P. The van der Waals surface area contributed by atoms with Crippen LogP contribution in [0, 0.1) is 20.8 Å². The summed E-state index contributed by atoms with van der Waals surface area (Å²) in [5.41, 5.74) is 2.52. The van der Waals surface area contributed by atoms with Gasteiger partial charge in [-0.25, -0.2) is 0 Å². The number of carbonyl (C=O) groups is 1. The van der Waals surface area contributed by atoms with E-state index in [9.17, 15) is 4.79 Å². The van der Waals surface area contributed by atoms with Crippen molar-refractivity contribution < 1.29 is 14.6 Å². The number of benzene rings is 1. The maximum atomic E-state index is 11.4. The third-order valence-electron chi connectivity index (χ3n) is 2.07. The molecule has 0 aliphatic heterocycles. The molecule has 0 amide bonds. The molecule has 15 heavy (non-hydrogen) atoms. The Morgan fingerprint density at radius 2 is 1.53 bits per heavy atom. The summed E-state index contributed by atoms with van der Waals surface area (Å²) in [5.74, 6) is 0. The number of hydrogen-bond donors (Lipinski definition) is 2. The Bertz CT molecular complexity index is 354. The van der Waals surface area contributed by atoms with Crippen molar-refractivity contribution in [2.45, 2.75) is 20.8 Å². The Hall–Kier alpha value is -0.163. The van der Waals surface area contributed by atoms with E-state index in [1.807, 2.05) is 19.1 Å². The summed E-state index contributed by atoms with van der Waals surface area (Å²) < 4.78 is 0. The molecule has 0 atom stereocenters. The van der Waals surface area contributed by atoms with Crippen LogP contribution >= 0.6 is 8.38 Å². The van der Waals surface area contributed by atoms with Crippen molar-refractivity contribution in [1.82, 2.24) is 0 Å². The van der Waals surface area contributed by atoms with Gasteiger partial charge >= 0.3 is 18.9 Å². The van der Waals surface area contributed by atoms with E-state index in [0.717, 1.165) is 16.7 Å². The maximum absolute atomic E-state index is 11.4. The molecule has 0 bridgehead atoms. The van der Waals surface area contributed by atoms with Gasteiger partial charge < -0.3 is 9.79 Å². The van der Waals surface area contributed by atoms with Gasteiger partial charge in [-0.05, 0) is 31.9 Å². The standard InChI is InChI=1S/C10H13O3P.Li.H/c1-6-4-7(2)9(8(3)5-6)10(11)14(12)13;;/h4-5,12-13H,1-3H3;;. The van der Waals surface area contributed by atoms with Crippen LogP contribution in [-0.2, 0) is 0 Å². The molecule has 0 spiro atoms. The van der Waals surface area contributed by atoms with Crippen molar-refractivity contribution in [2.24, 2.45) is 0 Å². The van der Waals surface area contributed by atoms with Gasteiger partial charge in [0, 0.05) is 5.56 Å². The minimum atomic E-state index is -2.52. The first-order valence-electron chi connectivity index (χ1n) is 4.23. The monoisotopic (exact) mass is 220 g/mol. The molecule has 0 aromatic heterocycles. The predicted molar refractivity (Wildman–Crippen MR) is 63.5 cm³/mol. The Kier molecular flexibility index (Phi) is 5.73. The van der Waals surface area contributed by atoms with Crippen molar-refractivity contribution in [3.8, 4) is 0 Å². The van der Waals surface area contributed by atoms with E-state index < -0.39 is 13.9 Å². The van der Waals surface area contributed by atoms with Gasteiger partial charge in [0.1, 0.15) is 0 Å². The van der Waals surface area contributed by atoms with Gasteiger partial charge in [-0.2, -0.15) is 0 Å². The number of hydrogen-bond acceptors (Lipinski definition) is 3. The molecular weight excluding hydrogens is 206 g/mol. The molecule has 3 nitrogen and oxygen atoms in total. The average molecular weight is 220 g/mol. The van der Waals surface area contributed by atoms with Gasteiger partial charge in [0.15, 0.2) is 0 Å². The van der Waals surface area contributed by atoms with Crippen molar-refractivity contribution in [3.63, 3.8) is 0 Å². The summed E-state index contributed by atoms with van der Waals surface area (Å²) in [6.07, 6.45) is 0. The van der Waals surface area contributed by atoms with Crippen molar-refractivity contribution in [2.75, 3.05) is 0 Å². The molecule has 78 valence electrons. The summed E-state index contributed by atoms with van der Waals surface area (Å²) in [4.78, 5) is 29.2. The van der Waals surface area contributed by atoms with E-state index in [2.05, 4.69) is 0 Å². The second kappa shape index (κ2) is 5.79. The van der Waals surface area contributed by atoms with Gasteiger partial charge in [0.2, 0.25) is 13.9 Å². The Morgan fingerprint density at radius 1 is 1.13 bits per heavy atom. The van der Waals surface area contributed by atoms with Gasteiger partial charge in [-0.15, -0.1) is 0 Å². The van der Waals surface area contributed by atoms with E-state index in [1.54, 1.807) is 13.8 Å². The van der Waals surface area contributed by atoms with Crippen LogP contribution in [0.2, 0.25) is 0 Å². The second-order valence-corrected chi connectivity index (χ2v) is 4.35. The van der Waals surface area contributed by atoms with Crippen LogP contribution in [0.25, 0.3) is 0 Å². The van der Waals surface area contributed by atoms with Crippen LogP contribution in [0.1, 0.15) is 27.0 Å². The zero-order valence-corrected chi connectivity index (χ0v) is 9.30. The average Bonchev–Trinajstić information content (AvgIpc) is 2.01. The van der Waals surface area contributed by atoms with Gasteiger partial charge in [-0.1, -0.05) is 17.7 Å². The molecule has 2 N–H and O–H groups in total. The number of carbonyl (C=O) groups excluding carboxylic acids is 1. The van der Waals surface area contributed by atoms with E-state index >= 15 is 0 Å². The third-order valence-corrected chi connectivity index (χ3v) is 2.66. The van der Waals surface area contributed by atoms with Crippen LogP contribution in [0.15, 0.2) is 12.1 Å². The zero-order chi connectivity index (χ0) is 10.9. The third kappa shape index (κ3) is 3.41. The van der Waals surface area contributed by atoms with Crippen LogP contribution in [0.4, 0.5) is 0 Å². The van der Waals surface area contributed by atoms with E-state index in [0.29, 0.717) is 5.56 Å². The quantitative estimate of drug-likeness (QED) is 0.585. The molecule has 0 radical (unpaired) electrons. The fourth-order valence-corrected chi connectivity index (χ4v) is 2.17. The number of rotatable bonds is 2. The first kappa shape index (κ1) is 14.8. The normalized spacial score (nSPS) is 10.0. The Morgan fingerprint density at radius 3 is 1.87 bits per heavy atom. The van der Waals surface area contributed by atoms with Gasteiger partial charge in [-0.3, -0.25) is 4.79 Å². The molecule has 0 aliphatic carbocycles. The van der Waals surface area contributed by atoms with Crippen LogP contribution in [0.5, 0.6) is 0 Å². The first-order chi connectivity index (χ1) is 6.43. The topological polar surface area (TPSA) is 57.5 Å². The molecule has 0 unspecified atom stereocenters. The molecule has 1 aromatic carbocycles. The van der Waals surface area contributed by atoms with Gasteiger partial charge in [0.05, 0.1) is 0 Å². The fourth-order valence-electron chi connectivity index (χ4n) is 1.62. The minimum absolute atomic E-state index is 0. The van der Waals surface area contributed by atoms with E-state index in [1.165, 1.54) is 0 Å². The SMILES string of the molecule is Cc1cc(C)c(C(=O)P(O)O)c(C)c1.[LiH].